The lowest BCUT2D eigenvalue weighted by Gasteiger charge is -2.29. The van der Waals surface area contributed by atoms with E-state index in [0.29, 0.717) is 73.1 Å². The lowest BCUT2D eigenvalue weighted by atomic mass is 9.83. The maximum Gasteiger partial charge on any atom is 0.490 e. The van der Waals surface area contributed by atoms with Crippen molar-refractivity contribution in [2.45, 2.75) is 109 Å². The third-order valence-electron chi connectivity index (χ3n) is 13.1. The zero-order valence-electron chi connectivity index (χ0n) is 43.4. The molecule has 6 rings (SSSR count). The number of carbonyl (C=O) groups is 9. The van der Waals surface area contributed by atoms with Crippen molar-refractivity contribution in [2.75, 3.05) is 31.5 Å². The van der Waals surface area contributed by atoms with Crippen LogP contribution in [0.3, 0.4) is 0 Å². The van der Waals surface area contributed by atoms with E-state index in [4.69, 9.17) is 15.6 Å². The average molecular weight is 1070 g/mol. The molecule has 1 fully saturated rings. The summed E-state index contributed by atoms with van der Waals surface area (Å²) in [6, 6.07) is 25.4. The maximum absolute atomic E-state index is 14.3. The first-order valence-electron chi connectivity index (χ1n) is 25.6. The molecular formula is C56H67F3N8O10. The van der Waals surface area contributed by atoms with Crippen molar-refractivity contribution >= 4 is 58.7 Å². The average Bonchev–Trinajstić information content (AvgIpc) is 3.92. The van der Waals surface area contributed by atoms with Crippen LogP contribution in [0.15, 0.2) is 103 Å². The van der Waals surface area contributed by atoms with Gasteiger partial charge in [-0.2, -0.15) is 13.2 Å². The smallest absolute Gasteiger partial charge is 0.475 e. The number of benzene rings is 4. The molecule has 4 aromatic carbocycles. The van der Waals surface area contributed by atoms with E-state index in [1.54, 1.807) is 49.4 Å². The van der Waals surface area contributed by atoms with E-state index in [0.717, 1.165) is 11.1 Å². The molecule has 1 aliphatic heterocycles. The lowest BCUT2D eigenvalue weighted by Crippen LogP contribution is -2.59. The van der Waals surface area contributed by atoms with Gasteiger partial charge in [-0.1, -0.05) is 131 Å². The van der Waals surface area contributed by atoms with E-state index < -0.39 is 78.4 Å². The van der Waals surface area contributed by atoms with Gasteiger partial charge in [-0.15, -0.1) is 0 Å². The predicted molar refractivity (Wildman–Crippen MR) is 280 cm³/mol. The maximum atomic E-state index is 14.3. The highest BCUT2D eigenvalue weighted by atomic mass is 19.4. The highest BCUT2D eigenvalue weighted by Crippen LogP contribution is 2.32. The van der Waals surface area contributed by atoms with Gasteiger partial charge in [-0.25, -0.2) is 4.79 Å². The molecule has 18 nitrogen and oxygen atoms in total. The Labute approximate surface area is 444 Å². The molecule has 0 saturated carbocycles. The van der Waals surface area contributed by atoms with Gasteiger partial charge in [0.1, 0.15) is 24.2 Å². The van der Waals surface area contributed by atoms with E-state index in [-0.39, 0.29) is 48.7 Å². The van der Waals surface area contributed by atoms with Gasteiger partial charge in [0.2, 0.25) is 35.4 Å². The second-order valence-corrected chi connectivity index (χ2v) is 19.4. The topological polar surface area (TPSA) is 275 Å². The minimum Gasteiger partial charge on any atom is -0.475 e. The predicted octanol–water partition coefficient (Wildman–Crippen LogP) is 4.48. The van der Waals surface area contributed by atoms with Gasteiger partial charge in [0.15, 0.2) is 11.6 Å². The number of amides is 6. The highest BCUT2D eigenvalue weighted by Gasteiger charge is 2.40. The number of carboxylic acid groups (broad SMARTS) is 1. The fourth-order valence-electron chi connectivity index (χ4n) is 8.92. The number of ketones is 2. The molecule has 2 aliphatic rings. The Morgan fingerprint density at radius 3 is 1.86 bits per heavy atom. The number of nitrogens with two attached hydrogens (primary N) is 1. The normalized spacial score (nSPS) is 15.7. The van der Waals surface area contributed by atoms with E-state index in [2.05, 4.69) is 31.9 Å². The van der Waals surface area contributed by atoms with Crippen LogP contribution < -0.4 is 37.6 Å². The number of nitrogens with zero attached hydrogens (tertiary/aromatic N) is 1. The molecule has 1 saturated heterocycles. The fourth-order valence-corrected chi connectivity index (χ4v) is 8.92. The Hall–Kier alpha value is -7.94. The molecule has 6 atom stereocenters. The first-order chi connectivity index (χ1) is 36.6. The number of carboxylic acids is 1. The van der Waals surface area contributed by atoms with Crippen LogP contribution in [-0.2, 0) is 46.4 Å². The molecule has 6 amide bonds. The Morgan fingerprint density at radius 1 is 0.701 bits per heavy atom. The number of hydrogen-bond donors (Lipinski definition) is 8. The molecule has 0 unspecified atom stereocenters. The van der Waals surface area contributed by atoms with Crippen LogP contribution in [0.2, 0.25) is 0 Å². The SMILES string of the molecule is CC[C@H](C)[C@H](NC(=O)[C@H](Cc1ccccc1)NC(=O)[C@@H](N)CC(C)C)C(=O)NCC(=O)N[C@@H](Cc1ccccc1)C(=O)N1CCC[C@H]1C(=O)NCCCNc1cccc2c1C(=O)c1ccccc1C2=O.O=C(O)C(F)(F)F. The van der Waals surface area contributed by atoms with Crippen molar-refractivity contribution in [2.24, 2.45) is 17.6 Å². The summed E-state index contributed by atoms with van der Waals surface area (Å²) in [5.41, 5.74) is 9.67. The molecule has 21 heteroatoms. The van der Waals surface area contributed by atoms with Gasteiger partial charge in [0.05, 0.1) is 18.2 Å². The third kappa shape index (κ3) is 17.0. The van der Waals surface area contributed by atoms with Gasteiger partial charge < -0.3 is 47.6 Å². The van der Waals surface area contributed by atoms with Gasteiger partial charge in [0.25, 0.3) is 0 Å². The summed E-state index contributed by atoms with van der Waals surface area (Å²) >= 11 is 0. The monoisotopic (exact) mass is 1070 g/mol. The van der Waals surface area contributed by atoms with Crippen LogP contribution in [0.5, 0.6) is 0 Å². The van der Waals surface area contributed by atoms with Crippen LogP contribution in [0.4, 0.5) is 18.9 Å². The van der Waals surface area contributed by atoms with Crippen LogP contribution in [0.1, 0.15) is 103 Å². The van der Waals surface area contributed by atoms with E-state index in [1.807, 2.05) is 81.4 Å². The molecule has 77 heavy (non-hydrogen) atoms. The van der Waals surface area contributed by atoms with Gasteiger partial charge >= 0.3 is 12.1 Å². The zero-order valence-corrected chi connectivity index (χ0v) is 43.4. The van der Waals surface area contributed by atoms with Crippen LogP contribution in [0.25, 0.3) is 0 Å². The van der Waals surface area contributed by atoms with Crippen LogP contribution in [-0.4, -0.2) is 126 Å². The standard InChI is InChI=1S/C54H66N8O8.C2HF3O2/c1-5-34(4)47(61-51(67)42(30-35-17-8-6-9-18-35)60-50(66)40(55)29-33(2)3)53(69)58-32-45(63)59-43(31-36-19-10-7-11-20-36)54(70)62-28-15-25-44(62)52(68)57-27-16-26-56-41-24-14-23-39-46(41)49(65)38-22-13-12-21-37(38)48(39)64;3-2(4,5)1(6)7/h6-14,17-24,33-34,40,42-44,47,56H,5,15-16,25-32,55H2,1-4H3,(H,57,68)(H,58,69)(H,59,63)(H,60,66)(H,61,67);(H,6,7)/t34-,40-,42-,43-,44-,47-;/m0./s1. The van der Waals surface area contributed by atoms with Gasteiger partial charge in [-0.3, -0.25) is 38.4 Å². The third-order valence-corrected chi connectivity index (χ3v) is 13.1. The highest BCUT2D eigenvalue weighted by molar-refractivity contribution is 6.30. The molecule has 1 heterocycles. The fraction of sp³-hybridized carbons (Fsp3) is 0.411. The van der Waals surface area contributed by atoms with E-state index in [9.17, 15) is 51.5 Å². The minimum atomic E-state index is -5.08. The lowest BCUT2D eigenvalue weighted by molar-refractivity contribution is -0.192. The Kier molecular flexibility index (Phi) is 22.0. The minimum absolute atomic E-state index is 0.125. The van der Waals surface area contributed by atoms with Crippen LogP contribution >= 0.6 is 0 Å². The second-order valence-electron chi connectivity index (χ2n) is 19.4. The number of rotatable bonds is 23. The molecule has 0 spiro atoms. The van der Waals surface area contributed by atoms with Crippen molar-refractivity contribution < 1.29 is 61.4 Å². The number of halogens is 3. The van der Waals surface area contributed by atoms with Crippen molar-refractivity contribution in [3.63, 3.8) is 0 Å². The second kappa shape index (κ2) is 28.3. The van der Waals surface area contributed by atoms with Crippen molar-refractivity contribution in [1.82, 2.24) is 31.5 Å². The summed E-state index contributed by atoms with van der Waals surface area (Å²) in [6.07, 6.45) is -2.40. The molecule has 0 bridgehead atoms. The quantitative estimate of drug-likeness (QED) is 0.0421. The van der Waals surface area contributed by atoms with Crippen molar-refractivity contribution in [1.29, 1.82) is 0 Å². The summed E-state index contributed by atoms with van der Waals surface area (Å²) in [6.45, 7) is 8.01. The number of alkyl halides is 3. The number of anilines is 1. The summed E-state index contributed by atoms with van der Waals surface area (Å²) in [5.74, 6) is -6.51. The summed E-state index contributed by atoms with van der Waals surface area (Å²) in [5, 5.41) is 24.4. The van der Waals surface area contributed by atoms with Gasteiger partial charge in [-0.05, 0) is 54.7 Å². The van der Waals surface area contributed by atoms with E-state index in [1.165, 1.54) is 4.90 Å². The number of carbonyl (C=O) groups excluding carboxylic acids is 8. The zero-order chi connectivity index (χ0) is 56.4. The number of likely N-dealkylation sites (tertiary alicyclic amines) is 1. The molecule has 0 aromatic heterocycles. The Bertz CT molecular complexity index is 2740. The Morgan fingerprint density at radius 2 is 1.27 bits per heavy atom. The summed E-state index contributed by atoms with van der Waals surface area (Å²) in [7, 11) is 0. The molecule has 9 N–H and O–H groups in total. The molecule has 1 aliphatic carbocycles. The first-order valence-corrected chi connectivity index (χ1v) is 25.6. The van der Waals surface area contributed by atoms with E-state index >= 15 is 0 Å². The van der Waals surface area contributed by atoms with Crippen molar-refractivity contribution in [3.8, 4) is 0 Å². The summed E-state index contributed by atoms with van der Waals surface area (Å²) < 4.78 is 31.7. The number of fused-ring (bicyclic) bond motifs is 2. The number of aliphatic carboxylic acids is 1. The Balaban J connectivity index is 0.00000146. The summed E-state index contributed by atoms with van der Waals surface area (Å²) in [4.78, 5) is 119. The van der Waals surface area contributed by atoms with Crippen LogP contribution in [0, 0.1) is 11.8 Å². The van der Waals surface area contributed by atoms with Gasteiger partial charge in [0, 0.05) is 54.9 Å². The number of nitrogens with one attached hydrogen (secondary N) is 6. The molecular weight excluding hydrogens is 1000 g/mol. The van der Waals surface area contributed by atoms with Crippen molar-refractivity contribution in [3.05, 3.63) is 137 Å². The molecule has 412 valence electrons. The first kappa shape index (κ1) is 59.9. The molecule has 4 aromatic rings. The number of hydrogen-bond acceptors (Lipinski definition) is 11. The largest absolute Gasteiger partial charge is 0.490 e. The molecule has 0 radical (unpaired) electrons.